The Morgan fingerprint density at radius 2 is 1.91 bits per heavy atom. The van der Waals surface area contributed by atoms with Gasteiger partial charge in [-0.3, -0.25) is 0 Å². The fourth-order valence-corrected chi connectivity index (χ4v) is 2.20. The molecule has 0 atom stereocenters. The Morgan fingerprint density at radius 1 is 1.27 bits per heavy atom. The standard InChI is InChI=1S/C10H20S/c1-10(2,3)7-4-8-11-9-5-6-9/h9H,4-8H2,1-3H3. The maximum absolute atomic E-state index is 2.33. The number of hydrogen-bond donors (Lipinski definition) is 0. The molecule has 66 valence electrons. The van der Waals surface area contributed by atoms with Gasteiger partial charge in [-0.05, 0) is 36.9 Å². The summed E-state index contributed by atoms with van der Waals surface area (Å²) in [5, 5.41) is 1.05. The van der Waals surface area contributed by atoms with Crippen LogP contribution in [0.2, 0.25) is 0 Å². The molecule has 1 saturated carbocycles. The SMILES string of the molecule is CC(C)(C)CCCSC1CC1. The lowest BCUT2D eigenvalue weighted by molar-refractivity contribution is 0.374. The van der Waals surface area contributed by atoms with Crippen molar-refractivity contribution >= 4 is 11.8 Å². The highest BCUT2D eigenvalue weighted by Crippen LogP contribution is 2.35. The average molecular weight is 172 g/mol. The molecule has 0 bridgehead atoms. The average Bonchev–Trinajstić information content (AvgIpc) is 2.60. The second kappa shape index (κ2) is 3.84. The Morgan fingerprint density at radius 3 is 2.36 bits per heavy atom. The van der Waals surface area contributed by atoms with E-state index in [0.29, 0.717) is 5.41 Å². The molecule has 0 amide bonds. The van der Waals surface area contributed by atoms with Crippen molar-refractivity contribution in [3.63, 3.8) is 0 Å². The van der Waals surface area contributed by atoms with Crippen molar-refractivity contribution in [1.82, 2.24) is 0 Å². The minimum Gasteiger partial charge on any atom is -0.159 e. The van der Waals surface area contributed by atoms with E-state index >= 15 is 0 Å². The zero-order valence-corrected chi connectivity index (χ0v) is 8.84. The monoisotopic (exact) mass is 172 g/mol. The van der Waals surface area contributed by atoms with E-state index in [1.165, 1.54) is 31.4 Å². The van der Waals surface area contributed by atoms with Gasteiger partial charge in [-0.2, -0.15) is 11.8 Å². The van der Waals surface area contributed by atoms with E-state index in [-0.39, 0.29) is 0 Å². The molecule has 0 aliphatic heterocycles. The summed E-state index contributed by atoms with van der Waals surface area (Å²) in [7, 11) is 0. The van der Waals surface area contributed by atoms with Gasteiger partial charge in [0.25, 0.3) is 0 Å². The molecule has 11 heavy (non-hydrogen) atoms. The lowest BCUT2D eigenvalue weighted by Crippen LogP contribution is -2.04. The first-order chi connectivity index (χ1) is 5.08. The van der Waals surface area contributed by atoms with Gasteiger partial charge in [0.15, 0.2) is 0 Å². The first-order valence-electron chi connectivity index (χ1n) is 4.69. The second-order valence-corrected chi connectivity index (χ2v) is 6.14. The van der Waals surface area contributed by atoms with Crippen molar-refractivity contribution in [1.29, 1.82) is 0 Å². The molecule has 1 aliphatic rings. The van der Waals surface area contributed by atoms with Crippen LogP contribution in [0.25, 0.3) is 0 Å². The molecule has 0 radical (unpaired) electrons. The molecule has 0 heterocycles. The van der Waals surface area contributed by atoms with E-state index in [1.807, 2.05) is 0 Å². The molecule has 0 aromatic carbocycles. The van der Waals surface area contributed by atoms with Gasteiger partial charge >= 0.3 is 0 Å². The second-order valence-electron chi connectivity index (χ2n) is 4.73. The van der Waals surface area contributed by atoms with E-state index in [2.05, 4.69) is 32.5 Å². The highest BCUT2D eigenvalue weighted by atomic mass is 32.2. The number of hydrogen-bond acceptors (Lipinski definition) is 1. The van der Waals surface area contributed by atoms with Crippen LogP contribution >= 0.6 is 11.8 Å². The first kappa shape index (κ1) is 9.44. The Balaban J connectivity index is 1.87. The molecule has 0 aromatic rings. The van der Waals surface area contributed by atoms with Crippen LogP contribution in [0.1, 0.15) is 46.5 Å². The fourth-order valence-electron chi connectivity index (χ4n) is 1.09. The van der Waals surface area contributed by atoms with Crippen molar-refractivity contribution in [2.24, 2.45) is 5.41 Å². The molecule has 0 aromatic heterocycles. The Hall–Kier alpha value is 0.350. The van der Waals surface area contributed by atoms with E-state index in [1.54, 1.807) is 0 Å². The lowest BCUT2D eigenvalue weighted by Gasteiger charge is -2.17. The molecular weight excluding hydrogens is 152 g/mol. The van der Waals surface area contributed by atoms with Gasteiger partial charge in [0.05, 0.1) is 0 Å². The van der Waals surface area contributed by atoms with Gasteiger partial charge < -0.3 is 0 Å². The van der Waals surface area contributed by atoms with Crippen molar-refractivity contribution < 1.29 is 0 Å². The van der Waals surface area contributed by atoms with Gasteiger partial charge in [-0.25, -0.2) is 0 Å². The van der Waals surface area contributed by atoms with Crippen molar-refractivity contribution in [2.45, 2.75) is 51.7 Å². The van der Waals surface area contributed by atoms with E-state index in [4.69, 9.17) is 0 Å². The molecule has 1 fully saturated rings. The summed E-state index contributed by atoms with van der Waals surface area (Å²) in [5.74, 6) is 1.39. The third kappa shape index (κ3) is 5.60. The number of thioether (sulfide) groups is 1. The van der Waals surface area contributed by atoms with E-state index in [9.17, 15) is 0 Å². The van der Waals surface area contributed by atoms with Gasteiger partial charge in [-0.1, -0.05) is 20.8 Å². The quantitative estimate of drug-likeness (QED) is 0.583. The summed E-state index contributed by atoms with van der Waals surface area (Å²) in [5.41, 5.74) is 0.546. The molecular formula is C10H20S. The summed E-state index contributed by atoms with van der Waals surface area (Å²) in [6.45, 7) is 6.98. The van der Waals surface area contributed by atoms with Crippen LogP contribution in [-0.2, 0) is 0 Å². The lowest BCUT2D eigenvalue weighted by atomic mass is 9.91. The predicted octanol–water partition coefficient (Wildman–Crippen LogP) is 3.71. The zero-order chi connectivity index (χ0) is 8.32. The summed E-state index contributed by atoms with van der Waals surface area (Å²) in [6, 6.07) is 0. The molecule has 0 nitrogen and oxygen atoms in total. The van der Waals surface area contributed by atoms with E-state index < -0.39 is 0 Å². The van der Waals surface area contributed by atoms with Crippen LogP contribution in [-0.4, -0.2) is 11.0 Å². The van der Waals surface area contributed by atoms with Gasteiger partial charge in [-0.15, -0.1) is 0 Å². The van der Waals surface area contributed by atoms with Crippen LogP contribution in [0.5, 0.6) is 0 Å². The maximum Gasteiger partial charge on any atom is 0.00478 e. The van der Waals surface area contributed by atoms with Crippen LogP contribution < -0.4 is 0 Å². The highest BCUT2D eigenvalue weighted by Gasteiger charge is 2.21. The predicted molar refractivity (Wildman–Crippen MR) is 54.2 cm³/mol. The summed E-state index contributed by atoms with van der Waals surface area (Å²) in [4.78, 5) is 0. The first-order valence-corrected chi connectivity index (χ1v) is 5.74. The van der Waals surface area contributed by atoms with Crippen LogP contribution in [0.3, 0.4) is 0 Å². The van der Waals surface area contributed by atoms with E-state index in [0.717, 1.165) is 5.25 Å². The topological polar surface area (TPSA) is 0 Å². The van der Waals surface area contributed by atoms with Crippen LogP contribution in [0.15, 0.2) is 0 Å². The minimum absolute atomic E-state index is 0.546. The molecule has 1 aliphatic carbocycles. The van der Waals surface area contributed by atoms with Crippen molar-refractivity contribution in [2.75, 3.05) is 5.75 Å². The number of rotatable bonds is 4. The van der Waals surface area contributed by atoms with Crippen molar-refractivity contribution in [3.8, 4) is 0 Å². The molecule has 0 N–H and O–H groups in total. The largest absolute Gasteiger partial charge is 0.159 e. The Bertz CT molecular complexity index is 109. The molecule has 0 saturated heterocycles. The van der Waals surface area contributed by atoms with Gasteiger partial charge in [0.1, 0.15) is 0 Å². The highest BCUT2D eigenvalue weighted by molar-refractivity contribution is 8.00. The third-order valence-corrected chi connectivity index (χ3v) is 3.42. The fraction of sp³-hybridized carbons (Fsp3) is 1.00. The molecule has 1 heteroatoms. The van der Waals surface area contributed by atoms with Crippen LogP contribution in [0.4, 0.5) is 0 Å². The maximum atomic E-state index is 2.33. The normalized spacial score (nSPS) is 18.8. The zero-order valence-electron chi connectivity index (χ0n) is 8.02. The van der Waals surface area contributed by atoms with Crippen LogP contribution in [0, 0.1) is 5.41 Å². The molecule has 0 unspecified atom stereocenters. The summed E-state index contributed by atoms with van der Waals surface area (Å²) in [6.07, 6.45) is 5.76. The molecule has 1 rings (SSSR count). The Kier molecular flexibility index (Phi) is 3.29. The smallest absolute Gasteiger partial charge is 0.00478 e. The van der Waals surface area contributed by atoms with Gasteiger partial charge in [0, 0.05) is 5.25 Å². The van der Waals surface area contributed by atoms with Gasteiger partial charge in [0.2, 0.25) is 0 Å². The Labute approximate surface area is 75.1 Å². The molecule has 0 spiro atoms. The summed E-state index contributed by atoms with van der Waals surface area (Å²) < 4.78 is 0. The van der Waals surface area contributed by atoms with Crippen molar-refractivity contribution in [3.05, 3.63) is 0 Å². The third-order valence-electron chi connectivity index (χ3n) is 1.95. The minimum atomic E-state index is 0.546. The summed E-state index contributed by atoms with van der Waals surface area (Å²) >= 11 is 2.18.